The van der Waals surface area contributed by atoms with E-state index in [-0.39, 0.29) is 12.2 Å². The largest absolute Gasteiger partial charge is 0.480 e. The average molecular weight is 417 g/mol. The van der Waals surface area contributed by atoms with Crippen LogP contribution in [0.1, 0.15) is 65.9 Å². The Morgan fingerprint density at radius 2 is 1.64 bits per heavy atom. The van der Waals surface area contributed by atoms with Crippen LogP contribution in [0.15, 0.2) is 48.5 Å². The molecule has 1 fully saturated rings. The first-order valence-corrected chi connectivity index (χ1v) is 11.2. The van der Waals surface area contributed by atoms with E-state index < -0.39 is 11.2 Å². The second-order valence-electron chi connectivity index (χ2n) is 7.35. The van der Waals surface area contributed by atoms with E-state index in [2.05, 4.69) is 0 Å². The van der Waals surface area contributed by atoms with Crippen molar-refractivity contribution in [2.75, 3.05) is 0 Å². The number of aliphatic carboxylic acids is 1. The molecule has 0 saturated heterocycles. The van der Waals surface area contributed by atoms with Crippen LogP contribution in [-0.4, -0.2) is 22.1 Å². The zero-order valence-electron chi connectivity index (χ0n) is 15.8. The number of hydrogen-bond acceptors (Lipinski definition) is 3. The van der Waals surface area contributed by atoms with Crippen molar-refractivity contribution in [3.05, 3.63) is 70.2 Å². The van der Waals surface area contributed by atoms with Crippen LogP contribution in [0.2, 0.25) is 5.02 Å². The molecule has 0 heterocycles. The molecule has 0 aromatic heterocycles. The number of halogens is 1. The Balaban J connectivity index is 1.58. The lowest BCUT2D eigenvalue weighted by Crippen LogP contribution is -2.21. The summed E-state index contributed by atoms with van der Waals surface area (Å²) >= 11 is 7.15. The molecule has 1 atom stereocenters. The van der Waals surface area contributed by atoms with Gasteiger partial charge >= 0.3 is 5.97 Å². The number of benzene rings is 2. The van der Waals surface area contributed by atoms with Gasteiger partial charge in [0.2, 0.25) is 0 Å². The summed E-state index contributed by atoms with van der Waals surface area (Å²) in [6.07, 6.45) is 6.30. The van der Waals surface area contributed by atoms with Gasteiger partial charge < -0.3 is 5.11 Å². The van der Waals surface area contributed by atoms with Crippen LogP contribution in [0, 0.1) is 0 Å². The standard InChI is InChI=1S/C23H25ClO3S/c24-20-12-6-16(7-13-20)15-28-22(23(26)27)14-21(25)19-10-8-18(9-11-19)17-4-2-1-3-5-17/h6-13,17,22H,1-5,14-15H2,(H,26,27)/t22-/m0/s1. The highest BCUT2D eigenvalue weighted by Gasteiger charge is 2.23. The summed E-state index contributed by atoms with van der Waals surface area (Å²) in [5.74, 6) is 0.0547. The Kier molecular flexibility index (Phi) is 7.57. The summed E-state index contributed by atoms with van der Waals surface area (Å²) in [5.41, 5.74) is 2.88. The normalized spacial score (nSPS) is 15.9. The summed E-state index contributed by atoms with van der Waals surface area (Å²) in [7, 11) is 0. The molecule has 5 heteroatoms. The number of rotatable bonds is 8. The fourth-order valence-corrected chi connectivity index (χ4v) is 4.78. The summed E-state index contributed by atoms with van der Waals surface area (Å²) in [5, 5.41) is 9.40. The van der Waals surface area contributed by atoms with Gasteiger partial charge in [-0.15, -0.1) is 11.8 Å². The van der Waals surface area contributed by atoms with Crippen molar-refractivity contribution in [1.29, 1.82) is 0 Å². The van der Waals surface area contributed by atoms with E-state index in [9.17, 15) is 14.7 Å². The number of carbonyl (C=O) groups is 2. The lowest BCUT2D eigenvalue weighted by atomic mass is 9.84. The molecule has 3 nitrogen and oxygen atoms in total. The molecule has 2 aromatic carbocycles. The van der Waals surface area contributed by atoms with Crippen LogP contribution in [0.4, 0.5) is 0 Å². The maximum Gasteiger partial charge on any atom is 0.317 e. The molecule has 3 rings (SSSR count). The Labute approximate surface area is 175 Å². The van der Waals surface area contributed by atoms with Gasteiger partial charge in [0.25, 0.3) is 0 Å². The lowest BCUT2D eigenvalue weighted by Gasteiger charge is -2.22. The average Bonchev–Trinajstić information content (AvgIpc) is 2.72. The van der Waals surface area contributed by atoms with Gasteiger partial charge in [-0.05, 0) is 42.0 Å². The van der Waals surface area contributed by atoms with E-state index in [4.69, 9.17) is 11.6 Å². The molecule has 0 amide bonds. The molecular formula is C23H25ClO3S. The second-order valence-corrected chi connectivity index (χ2v) is 8.98. The van der Waals surface area contributed by atoms with Crippen molar-refractivity contribution in [3.63, 3.8) is 0 Å². The third-order valence-electron chi connectivity index (χ3n) is 5.32. The lowest BCUT2D eigenvalue weighted by molar-refractivity contribution is -0.136. The van der Waals surface area contributed by atoms with Gasteiger partial charge in [-0.2, -0.15) is 0 Å². The van der Waals surface area contributed by atoms with Gasteiger partial charge in [0.05, 0.1) is 0 Å². The molecule has 0 spiro atoms. The first-order chi connectivity index (χ1) is 13.5. The highest BCUT2D eigenvalue weighted by Crippen LogP contribution is 2.32. The minimum absolute atomic E-state index is 0.00361. The van der Waals surface area contributed by atoms with Crippen LogP contribution >= 0.6 is 23.4 Å². The van der Waals surface area contributed by atoms with Gasteiger partial charge in [-0.1, -0.05) is 67.3 Å². The molecule has 0 radical (unpaired) electrons. The number of hydrogen-bond donors (Lipinski definition) is 1. The first-order valence-electron chi connectivity index (χ1n) is 9.75. The Morgan fingerprint density at radius 3 is 2.25 bits per heavy atom. The molecule has 0 unspecified atom stereocenters. The molecule has 1 N–H and O–H groups in total. The maximum absolute atomic E-state index is 12.6. The summed E-state index contributed by atoms with van der Waals surface area (Å²) in [6, 6.07) is 15.1. The van der Waals surface area contributed by atoms with Crippen molar-refractivity contribution < 1.29 is 14.7 Å². The van der Waals surface area contributed by atoms with Gasteiger partial charge in [0.1, 0.15) is 5.25 Å². The van der Waals surface area contributed by atoms with Crippen LogP contribution < -0.4 is 0 Å². The fourth-order valence-electron chi connectivity index (χ4n) is 3.66. The van der Waals surface area contributed by atoms with Gasteiger partial charge in [0, 0.05) is 22.8 Å². The van der Waals surface area contributed by atoms with Crippen LogP contribution in [0.3, 0.4) is 0 Å². The monoisotopic (exact) mass is 416 g/mol. The predicted molar refractivity (Wildman–Crippen MR) is 115 cm³/mol. The minimum atomic E-state index is -0.953. The highest BCUT2D eigenvalue weighted by atomic mass is 35.5. The molecule has 0 bridgehead atoms. The third-order valence-corrected chi connectivity index (χ3v) is 6.84. The molecule has 1 aliphatic carbocycles. The van der Waals surface area contributed by atoms with Gasteiger partial charge in [0.15, 0.2) is 5.78 Å². The Morgan fingerprint density at radius 1 is 1.00 bits per heavy atom. The molecular weight excluding hydrogens is 392 g/mol. The summed E-state index contributed by atoms with van der Waals surface area (Å²) in [4.78, 5) is 24.2. The third kappa shape index (κ3) is 5.86. The van der Waals surface area contributed by atoms with Crippen molar-refractivity contribution in [2.24, 2.45) is 0 Å². The van der Waals surface area contributed by atoms with E-state index in [0.29, 0.717) is 22.3 Å². The molecule has 1 aliphatic rings. The zero-order chi connectivity index (χ0) is 19.9. The summed E-state index contributed by atoms with van der Waals surface area (Å²) in [6.45, 7) is 0. The number of carboxylic acid groups (broad SMARTS) is 1. The Bertz CT molecular complexity index is 796. The van der Waals surface area contributed by atoms with E-state index in [1.54, 1.807) is 12.1 Å². The van der Waals surface area contributed by atoms with E-state index >= 15 is 0 Å². The van der Waals surface area contributed by atoms with Crippen molar-refractivity contribution in [1.82, 2.24) is 0 Å². The van der Waals surface area contributed by atoms with Gasteiger partial charge in [-0.25, -0.2) is 0 Å². The van der Waals surface area contributed by atoms with E-state index in [1.165, 1.54) is 49.4 Å². The SMILES string of the molecule is O=C(C[C@H](SCc1ccc(Cl)cc1)C(=O)O)c1ccc(C2CCCCC2)cc1. The van der Waals surface area contributed by atoms with Crippen LogP contribution in [0.25, 0.3) is 0 Å². The predicted octanol–water partition coefficient (Wildman–Crippen LogP) is 6.35. The molecule has 2 aromatic rings. The molecule has 0 aliphatic heterocycles. The smallest absolute Gasteiger partial charge is 0.317 e. The number of ketones is 1. The second kappa shape index (κ2) is 10.1. The van der Waals surface area contributed by atoms with Crippen molar-refractivity contribution >= 4 is 35.1 Å². The minimum Gasteiger partial charge on any atom is -0.480 e. The van der Waals surface area contributed by atoms with E-state index in [0.717, 1.165) is 5.56 Å². The molecule has 148 valence electrons. The van der Waals surface area contributed by atoms with Crippen molar-refractivity contribution in [3.8, 4) is 0 Å². The number of thioether (sulfide) groups is 1. The topological polar surface area (TPSA) is 54.4 Å². The number of carboxylic acids is 1. The molecule has 1 saturated carbocycles. The fraction of sp³-hybridized carbons (Fsp3) is 0.391. The van der Waals surface area contributed by atoms with Crippen LogP contribution in [-0.2, 0) is 10.5 Å². The molecule has 28 heavy (non-hydrogen) atoms. The zero-order valence-corrected chi connectivity index (χ0v) is 17.3. The van der Waals surface area contributed by atoms with Crippen molar-refractivity contribution in [2.45, 2.75) is 55.4 Å². The Hall–Kier alpha value is -1.78. The summed E-state index contributed by atoms with van der Waals surface area (Å²) < 4.78 is 0. The number of carbonyl (C=O) groups excluding carboxylic acids is 1. The number of Topliss-reactive ketones (excluding diaryl/α,β-unsaturated/α-hetero) is 1. The highest BCUT2D eigenvalue weighted by molar-refractivity contribution is 7.99. The van der Waals surface area contributed by atoms with Gasteiger partial charge in [-0.3, -0.25) is 9.59 Å². The maximum atomic E-state index is 12.6. The van der Waals surface area contributed by atoms with Crippen LogP contribution in [0.5, 0.6) is 0 Å². The quantitative estimate of drug-likeness (QED) is 0.509. The van der Waals surface area contributed by atoms with E-state index in [1.807, 2.05) is 36.4 Å². The first kappa shape index (κ1) is 20.9.